The standard InChI is InChI=1S/C11H12N4O2S/c1-5-9(6(2)16)18-11(13-5)15-10(17)8-4-12-7(3)14-8/h4H,1-3H3,(H,12,14)(H,13,15,17). The number of aryl methyl sites for hydroxylation is 2. The first-order valence-electron chi connectivity index (χ1n) is 5.28. The van der Waals surface area contributed by atoms with Crippen LogP contribution < -0.4 is 5.32 Å². The lowest BCUT2D eigenvalue weighted by molar-refractivity contribution is 0.101. The Morgan fingerprint density at radius 2 is 2.11 bits per heavy atom. The van der Waals surface area contributed by atoms with E-state index in [1.807, 2.05) is 0 Å². The molecule has 0 fully saturated rings. The number of rotatable bonds is 3. The van der Waals surface area contributed by atoms with Crippen molar-refractivity contribution >= 4 is 28.2 Å². The van der Waals surface area contributed by atoms with E-state index in [1.165, 1.54) is 24.5 Å². The van der Waals surface area contributed by atoms with E-state index in [0.29, 0.717) is 27.2 Å². The third kappa shape index (κ3) is 2.45. The van der Waals surface area contributed by atoms with E-state index in [1.54, 1.807) is 13.8 Å². The molecule has 0 unspecified atom stereocenters. The molecule has 0 aromatic carbocycles. The van der Waals surface area contributed by atoms with Gasteiger partial charge in [0.15, 0.2) is 10.9 Å². The number of ketones is 1. The van der Waals surface area contributed by atoms with Gasteiger partial charge in [-0.25, -0.2) is 9.97 Å². The average Bonchev–Trinajstić information content (AvgIpc) is 2.85. The number of aromatic nitrogens is 3. The predicted octanol–water partition coefficient (Wildman–Crippen LogP) is 1.94. The maximum atomic E-state index is 11.8. The summed E-state index contributed by atoms with van der Waals surface area (Å²) in [7, 11) is 0. The summed E-state index contributed by atoms with van der Waals surface area (Å²) in [6.07, 6.45) is 1.46. The zero-order chi connectivity index (χ0) is 13.3. The Labute approximate surface area is 107 Å². The molecule has 2 rings (SSSR count). The summed E-state index contributed by atoms with van der Waals surface area (Å²) in [4.78, 5) is 34.6. The number of nitrogens with zero attached hydrogens (tertiary/aromatic N) is 2. The fourth-order valence-corrected chi connectivity index (χ4v) is 2.33. The topological polar surface area (TPSA) is 87.7 Å². The molecule has 7 heteroatoms. The molecule has 6 nitrogen and oxygen atoms in total. The normalized spacial score (nSPS) is 10.4. The van der Waals surface area contributed by atoms with E-state index in [2.05, 4.69) is 20.3 Å². The summed E-state index contributed by atoms with van der Waals surface area (Å²) in [5.74, 6) is 0.294. The summed E-state index contributed by atoms with van der Waals surface area (Å²) in [5, 5.41) is 3.04. The van der Waals surface area contributed by atoms with E-state index < -0.39 is 0 Å². The van der Waals surface area contributed by atoms with E-state index >= 15 is 0 Å². The number of carbonyl (C=O) groups is 2. The number of thiazole rings is 1. The molecule has 0 atom stereocenters. The number of Topliss-reactive ketones (excluding diaryl/α,β-unsaturated/α-hetero) is 1. The Bertz CT molecular complexity index is 614. The number of anilines is 1. The molecule has 0 spiro atoms. The van der Waals surface area contributed by atoms with Crippen molar-refractivity contribution in [3.05, 3.63) is 28.3 Å². The average molecular weight is 264 g/mol. The molecule has 94 valence electrons. The first kappa shape index (κ1) is 12.4. The van der Waals surface area contributed by atoms with Crippen molar-refractivity contribution < 1.29 is 9.59 Å². The van der Waals surface area contributed by atoms with E-state index in [4.69, 9.17) is 0 Å². The van der Waals surface area contributed by atoms with Crippen LogP contribution in [0.4, 0.5) is 5.13 Å². The Kier molecular flexibility index (Phi) is 3.24. The predicted molar refractivity (Wildman–Crippen MR) is 68.1 cm³/mol. The highest BCUT2D eigenvalue weighted by Gasteiger charge is 2.15. The van der Waals surface area contributed by atoms with Crippen LogP contribution in [0.2, 0.25) is 0 Å². The number of aromatic amines is 1. The van der Waals surface area contributed by atoms with Gasteiger partial charge < -0.3 is 4.98 Å². The monoisotopic (exact) mass is 264 g/mol. The van der Waals surface area contributed by atoms with Crippen molar-refractivity contribution in [2.24, 2.45) is 0 Å². The lowest BCUT2D eigenvalue weighted by atomic mass is 10.3. The lowest BCUT2D eigenvalue weighted by Crippen LogP contribution is -2.12. The van der Waals surface area contributed by atoms with Crippen LogP contribution in [0.5, 0.6) is 0 Å². The Hall–Kier alpha value is -2.02. The SMILES string of the molecule is CC(=O)c1sc(NC(=O)c2cnc(C)[nH]2)nc1C. The second kappa shape index (κ2) is 4.69. The number of amides is 1. The molecule has 0 saturated carbocycles. The van der Waals surface area contributed by atoms with Gasteiger partial charge in [-0.05, 0) is 13.8 Å². The minimum Gasteiger partial charge on any atom is -0.338 e. The Balaban J connectivity index is 2.17. The van der Waals surface area contributed by atoms with Gasteiger partial charge in [0.25, 0.3) is 5.91 Å². The van der Waals surface area contributed by atoms with E-state index in [-0.39, 0.29) is 11.7 Å². The summed E-state index contributed by atoms with van der Waals surface area (Å²) in [5.41, 5.74) is 0.994. The van der Waals surface area contributed by atoms with Crippen LogP contribution in [0.3, 0.4) is 0 Å². The molecule has 0 aliphatic carbocycles. The minimum atomic E-state index is -0.320. The van der Waals surface area contributed by atoms with Gasteiger partial charge in [-0.15, -0.1) is 0 Å². The fourth-order valence-electron chi connectivity index (χ4n) is 1.48. The number of nitrogens with one attached hydrogen (secondary N) is 2. The molecule has 0 aliphatic heterocycles. The molecule has 0 radical (unpaired) electrons. The maximum absolute atomic E-state index is 11.8. The Morgan fingerprint density at radius 3 is 2.61 bits per heavy atom. The van der Waals surface area contributed by atoms with Gasteiger partial charge in [-0.2, -0.15) is 0 Å². The third-order valence-corrected chi connectivity index (χ3v) is 3.46. The molecule has 0 saturated heterocycles. The van der Waals surface area contributed by atoms with Crippen molar-refractivity contribution in [3.63, 3.8) is 0 Å². The van der Waals surface area contributed by atoms with Gasteiger partial charge >= 0.3 is 0 Å². The van der Waals surface area contributed by atoms with Gasteiger partial charge in [0.1, 0.15) is 11.5 Å². The zero-order valence-corrected chi connectivity index (χ0v) is 11.0. The van der Waals surface area contributed by atoms with Gasteiger partial charge in [0.2, 0.25) is 0 Å². The summed E-state index contributed by atoms with van der Waals surface area (Å²) >= 11 is 1.17. The van der Waals surface area contributed by atoms with Gasteiger partial charge in [-0.1, -0.05) is 11.3 Å². The van der Waals surface area contributed by atoms with Crippen LogP contribution in [0.25, 0.3) is 0 Å². The molecular weight excluding hydrogens is 252 g/mol. The number of hydrogen-bond donors (Lipinski definition) is 2. The van der Waals surface area contributed by atoms with Gasteiger partial charge in [-0.3, -0.25) is 14.9 Å². The third-order valence-electron chi connectivity index (χ3n) is 2.28. The van der Waals surface area contributed by atoms with Crippen LogP contribution in [0.15, 0.2) is 6.20 Å². The molecule has 2 aromatic rings. The fraction of sp³-hybridized carbons (Fsp3) is 0.273. The van der Waals surface area contributed by atoms with Crippen molar-refractivity contribution in [3.8, 4) is 0 Å². The molecule has 2 heterocycles. The van der Waals surface area contributed by atoms with Crippen molar-refractivity contribution in [1.82, 2.24) is 15.0 Å². The zero-order valence-electron chi connectivity index (χ0n) is 10.2. The van der Waals surface area contributed by atoms with Crippen molar-refractivity contribution in [2.75, 3.05) is 5.32 Å². The number of hydrogen-bond acceptors (Lipinski definition) is 5. The second-order valence-electron chi connectivity index (χ2n) is 3.83. The molecule has 18 heavy (non-hydrogen) atoms. The molecule has 1 amide bonds. The smallest absolute Gasteiger partial charge is 0.275 e. The summed E-state index contributed by atoms with van der Waals surface area (Å²) in [6.45, 7) is 4.98. The van der Waals surface area contributed by atoms with Crippen molar-refractivity contribution in [1.29, 1.82) is 0 Å². The van der Waals surface area contributed by atoms with Crippen LogP contribution in [0, 0.1) is 13.8 Å². The highest BCUT2D eigenvalue weighted by atomic mass is 32.1. The largest absolute Gasteiger partial charge is 0.338 e. The summed E-state index contributed by atoms with van der Waals surface area (Å²) < 4.78 is 0. The Morgan fingerprint density at radius 1 is 1.39 bits per heavy atom. The quantitative estimate of drug-likeness (QED) is 0.829. The van der Waals surface area contributed by atoms with Crippen LogP contribution in [-0.4, -0.2) is 26.6 Å². The van der Waals surface area contributed by atoms with Gasteiger partial charge in [0.05, 0.1) is 16.8 Å². The molecule has 2 N–H and O–H groups in total. The molecular formula is C11H12N4O2S. The van der Waals surface area contributed by atoms with Crippen molar-refractivity contribution in [2.45, 2.75) is 20.8 Å². The first-order chi connectivity index (χ1) is 8.47. The highest BCUT2D eigenvalue weighted by Crippen LogP contribution is 2.23. The highest BCUT2D eigenvalue weighted by molar-refractivity contribution is 7.17. The second-order valence-corrected chi connectivity index (χ2v) is 4.83. The number of H-pyrrole nitrogens is 1. The summed E-state index contributed by atoms with van der Waals surface area (Å²) in [6, 6.07) is 0. The minimum absolute atomic E-state index is 0.0529. The van der Waals surface area contributed by atoms with E-state index in [0.717, 1.165) is 0 Å². The molecule has 0 bridgehead atoms. The lowest BCUT2D eigenvalue weighted by Gasteiger charge is -1.97. The molecule has 2 aromatic heterocycles. The maximum Gasteiger partial charge on any atom is 0.275 e. The number of imidazole rings is 1. The van der Waals surface area contributed by atoms with Crippen LogP contribution >= 0.6 is 11.3 Å². The van der Waals surface area contributed by atoms with E-state index in [9.17, 15) is 9.59 Å². The molecule has 0 aliphatic rings. The van der Waals surface area contributed by atoms with Crippen LogP contribution in [0.1, 0.15) is 38.6 Å². The number of carbonyl (C=O) groups excluding carboxylic acids is 2. The first-order valence-corrected chi connectivity index (χ1v) is 6.10. The van der Waals surface area contributed by atoms with Gasteiger partial charge in [0, 0.05) is 6.92 Å². The van der Waals surface area contributed by atoms with Crippen LogP contribution in [-0.2, 0) is 0 Å².